The molecule has 17 heavy (non-hydrogen) atoms. The van der Waals surface area contributed by atoms with Crippen LogP contribution in [0, 0.1) is 12.8 Å². The van der Waals surface area contributed by atoms with Gasteiger partial charge in [0.1, 0.15) is 5.82 Å². The maximum Gasteiger partial charge on any atom is 0.126 e. The van der Waals surface area contributed by atoms with Crippen molar-refractivity contribution in [2.24, 2.45) is 11.7 Å². The zero-order valence-electron chi connectivity index (χ0n) is 10.7. The van der Waals surface area contributed by atoms with Gasteiger partial charge in [-0.3, -0.25) is 0 Å². The van der Waals surface area contributed by atoms with Crippen molar-refractivity contribution in [3.8, 4) is 0 Å². The van der Waals surface area contributed by atoms with Crippen molar-refractivity contribution in [1.29, 1.82) is 0 Å². The van der Waals surface area contributed by atoms with Gasteiger partial charge in [0.05, 0.1) is 0 Å². The average molecular weight is 233 g/mol. The highest BCUT2D eigenvalue weighted by molar-refractivity contribution is 5.36. The van der Waals surface area contributed by atoms with Crippen LogP contribution in [0.4, 0.5) is 5.82 Å². The number of anilines is 1. The summed E-state index contributed by atoms with van der Waals surface area (Å²) in [4.78, 5) is 4.49. The second kappa shape index (κ2) is 6.01. The van der Waals surface area contributed by atoms with E-state index in [-0.39, 0.29) is 0 Å². The highest BCUT2D eigenvalue weighted by Gasteiger charge is 2.22. The molecule has 0 aliphatic heterocycles. The molecule has 3 nitrogen and oxygen atoms in total. The van der Waals surface area contributed by atoms with Gasteiger partial charge in [-0.15, -0.1) is 0 Å². The summed E-state index contributed by atoms with van der Waals surface area (Å²) < 4.78 is 0. The lowest BCUT2D eigenvalue weighted by Gasteiger charge is -2.30. The standard InChI is InChI=1S/C14H23N3/c1-11-6-5-9-14(16-11)17-13(10-15)12-7-3-2-4-8-12/h5-6,9,12-13H,2-4,7-8,10,15H2,1H3,(H,16,17). The fourth-order valence-corrected chi connectivity index (χ4v) is 2.72. The number of aromatic nitrogens is 1. The molecule has 3 N–H and O–H groups in total. The fraction of sp³-hybridized carbons (Fsp3) is 0.643. The van der Waals surface area contributed by atoms with Crippen LogP contribution in [-0.2, 0) is 0 Å². The predicted octanol–water partition coefficient (Wildman–Crippen LogP) is 2.71. The summed E-state index contributed by atoms with van der Waals surface area (Å²) in [6.45, 7) is 2.71. The zero-order chi connectivity index (χ0) is 12.1. The smallest absolute Gasteiger partial charge is 0.126 e. The van der Waals surface area contributed by atoms with E-state index in [4.69, 9.17) is 5.73 Å². The summed E-state index contributed by atoms with van der Waals surface area (Å²) in [6, 6.07) is 6.46. The number of hydrogen-bond donors (Lipinski definition) is 2. The summed E-state index contributed by atoms with van der Waals surface area (Å²) >= 11 is 0. The van der Waals surface area contributed by atoms with Crippen molar-refractivity contribution in [3.63, 3.8) is 0 Å². The Kier molecular flexibility index (Phi) is 4.37. The highest BCUT2D eigenvalue weighted by atomic mass is 15.0. The topological polar surface area (TPSA) is 50.9 Å². The van der Waals surface area contributed by atoms with Crippen molar-refractivity contribution in [2.75, 3.05) is 11.9 Å². The average Bonchev–Trinajstić information content (AvgIpc) is 2.37. The van der Waals surface area contributed by atoms with E-state index in [1.54, 1.807) is 0 Å². The van der Waals surface area contributed by atoms with Crippen LogP contribution < -0.4 is 11.1 Å². The first-order chi connectivity index (χ1) is 8.29. The molecular formula is C14H23N3. The number of pyridine rings is 1. The molecule has 3 heteroatoms. The molecule has 94 valence electrons. The van der Waals surface area contributed by atoms with Crippen molar-refractivity contribution in [2.45, 2.75) is 45.1 Å². The molecular weight excluding hydrogens is 210 g/mol. The number of aryl methyl sites for hydroxylation is 1. The molecule has 0 bridgehead atoms. The van der Waals surface area contributed by atoms with Gasteiger partial charge in [-0.05, 0) is 37.8 Å². The van der Waals surface area contributed by atoms with Gasteiger partial charge in [-0.2, -0.15) is 0 Å². The highest BCUT2D eigenvalue weighted by Crippen LogP contribution is 2.27. The van der Waals surface area contributed by atoms with Gasteiger partial charge < -0.3 is 11.1 Å². The van der Waals surface area contributed by atoms with Crippen LogP contribution in [0.15, 0.2) is 18.2 Å². The van der Waals surface area contributed by atoms with E-state index in [0.717, 1.165) is 17.4 Å². The Balaban J connectivity index is 1.98. The molecule has 1 heterocycles. The number of rotatable bonds is 4. The summed E-state index contributed by atoms with van der Waals surface area (Å²) in [5, 5.41) is 3.50. The van der Waals surface area contributed by atoms with Gasteiger partial charge in [0.15, 0.2) is 0 Å². The number of nitrogens with zero attached hydrogens (tertiary/aromatic N) is 1. The zero-order valence-corrected chi connectivity index (χ0v) is 10.7. The SMILES string of the molecule is Cc1cccc(NC(CN)C2CCCCC2)n1. The summed E-state index contributed by atoms with van der Waals surface area (Å²) in [6.07, 6.45) is 6.70. The minimum Gasteiger partial charge on any atom is -0.366 e. The number of hydrogen-bond acceptors (Lipinski definition) is 3. The van der Waals surface area contributed by atoms with Gasteiger partial charge in [-0.25, -0.2) is 4.98 Å². The van der Waals surface area contributed by atoms with E-state index in [1.807, 2.05) is 25.1 Å². The van der Waals surface area contributed by atoms with Gasteiger partial charge in [0.2, 0.25) is 0 Å². The molecule has 0 aromatic carbocycles. The maximum atomic E-state index is 5.90. The Bertz CT molecular complexity index is 345. The molecule has 1 aliphatic carbocycles. The summed E-state index contributed by atoms with van der Waals surface area (Å²) in [5.41, 5.74) is 6.95. The van der Waals surface area contributed by atoms with Crippen molar-refractivity contribution < 1.29 is 0 Å². The van der Waals surface area contributed by atoms with E-state index >= 15 is 0 Å². The van der Waals surface area contributed by atoms with Gasteiger partial charge >= 0.3 is 0 Å². The van der Waals surface area contributed by atoms with Crippen LogP contribution >= 0.6 is 0 Å². The van der Waals surface area contributed by atoms with Crippen LogP contribution in [0.25, 0.3) is 0 Å². The van der Waals surface area contributed by atoms with E-state index in [0.29, 0.717) is 12.6 Å². The Morgan fingerprint density at radius 3 is 2.76 bits per heavy atom. The minimum atomic E-state index is 0.379. The lowest BCUT2D eigenvalue weighted by molar-refractivity contribution is 0.320. The first-order valence-corrected chi connectivity index (χ1v) is 6.70. The van der Waals surface area contributed by atoms with E-state index in [1.165, 1.54) is 32.1 Å². The number of nitrogens with one attached hydrogen (secondary N) is 1. The molecule has 2 rings (SSSR count). The Hall–Kier alpha value is -1.09. The maximum absolute atomic E-state index is 5.90. The Morgan fingerprint density at radius 1 is 1.35 bits per heavy atom. The van der Waals surface area contributed by atoms with E-state index in [2.05, 4.69) is 10.3 Å². The van der Waals surface area contributed by atoms with Crippen LogP contribution in [0.1, 0.15) is 37.8 Å². The molecule has 1 aromatic heterocycles. The van der Waals surface area contributed by atoms with Gasteiger partial charge in [0.25, 0.3) is 0 Å². The van der Waals surface area contributed by atoms with E-state index < -0.39 is 0 Å². The monoisotopic (exact) mass is 233 g/mol. The fourth-order valence-electron chi connectivity index (χ4n) is 2.72. The predicted molar refractivity (Wildman–Crippen MR) is 72.0 cm³/mol. The van der Waals surface area contributed by atoms with Crippen molar-refractivity contribution in [1.82, 2.24) is 4.98 Å². The summed E-state index contributed by atoms with van der Waals surface area (Å²) in [7, 11) is 0. The number of nitrogens with two attached hydrogens (primary N) is 1. The molecule has 1 fully saturated rings. The molecule has 0 radical (unpaired) electrons. The van der Waals surface area contributed by atoms with Crippen molar-refractivity contribution >= 4 is 5.82 Å². The Morgan fingerprint density at radius 2 is 2.12 bits per heavy atom. The molecule has 0 saturated heterocycles. The molecule has 0 spiro atoms. The molecule has 1 unspecified atom stereocenters. The van der Waals surface area contributed by atoms with Gasteiger partial charge in [0, 0.05) is 18.3 Å². The van der Waals surface area contributed by atoms with Gasteiger partial charge in [-0.1, -0.05) is 25.3 Å². The lowest BCUT2D eigenvalue weighted by Crippen LogP contribution is -2.37. The largest absolute Gasteiger partial charge is 0.366 e. The second-order valence-corrected chi connectivity index (χ2v) is 5.05. The van der Waals surface area contributed by atoms with Crippen LogP contribution in [0.2, 0.25) is 0 Å². The summed E-state index contributed by atoms with van der Waals surface area (Å²) in [5.74, 6) is 1.68. The third-order valence-corrected chi connectivity index (χ3v) is 3.69. The first-order valence-electron chi connectivity index (χ1n) is 6.70. The van der Waals surface area contributed by atoms with E-state index in [9.17, 15) is 0 Å². The molecule has 1 aromatic rings. The third-order valence-electron chi connectivity index (χ3n) is 3.69. The van der Waals surface area contributed by atoms with Crippen molar-refractivity contribution in [3.05, 3.63) is 23.9 Å². The lowest BCUT2D eigenvalue weighted by atomic mass is 9.84. The third kappa shape index (κ3) is 3.43. The minimum absolute atomic E-state index is 0.379. The quantitative estimate of drug-likeness (QED) is 0.840. The Labute approximate surface area is 104 Å². The molecule has 0 amide bonds. The molecule has 1 aliphatic rings. The normalized spacial score (nSPS) is 18.9. The molecule has 1 atom stereocenters. The first kappa shape index (κ1) is 12.4. The molecule has 1 saturated carbocycles. The van der Waals surface area contributed by atoms with Crippen LogP contribution in [-0.4, -0.2) is 17.6 Å². The van der Waals surface area contributed by atoms with Crippen LogP contribution in [0.3, 0.4) is 0 Å². The second-order valence-electron chi connectivity index (χ2n) is 5.05. The van der Waals surface area contributed by atoms with Crippen LogP contribution in [0.5, 0.6) is 0 Å².